The Balaban J connectivity index is 1.64. The van der Waals surface area contributed by atoms with E-state index in [2.05, 4.69) is 15.4 Å². The number of carbonyl (C=O) groups is 1. The van der Waals surface area contributed by atoms with Crippen molar-refractivity contribution in [3.05, 3.63) is 53.5 Å². The maximum absolute atomic E-state index is 13.0. The van der Waals surface area contributed by atoms with E-state index in [1.807, 2.05) is 6.07 Å². The van der Waals surface area contributed by atoms with E-state index in [0.29, 0.717) is 31.9 Å². The predicted octanol–water partition coefficient (Wildman–Crippen LogP) is 3.98. The second-order valence-corrected chi connectivity index (χ2v) is 8.55. The third-order valence-electron chi connectivity index (χ3n) is 5.27. The normalized spacial score (nSPS) is 15.1. The summed E-state index contributed by atoms with van der Waals surface area (Å²) < 4.78 is 45.9. The Morgan fingerprint density at radius 3 is 2.66 bits per heavy atom. The Morgan fingerprint density at radius 2 is 2.03 bits per heavy atom. The number of benzene rings is 1. The molecule has 7 nitrogen and oxygen atoms in total. The molecule has 0 radical (unpaired) electrons. The Morgan fingerprint density at radius 1 is 1.28 bits per heavy atom. The number of ether oxygens (including phenoxy) is 1. The zero-order chi connectivity index (χ0) is 23.1. The zero-order valence-electron chi connectivity index (χ0n) is 17.6. The first-order valence-electron chi connectivity index (χ1n) is 10.2. The van der Waals surface area contributed by atoms with Gasteiger partial charge in [-0.2, -0.15) is 18.3 Å². The molecule has 0 saturated carbocycles. The van der Waals surface area contributed by atoms with E-state index in [1.165, 1.54) is 6.07 Å². The number of nitrogens with one attached hydrogen (secondary N) is 1. The molecular formula is C22H23F3N4O3. The van der Waals surface area contributed by atoms with E-state index in [0.717, 1.165) is 28.6 Å². The van der Waals surface area contributed by atoms with Crippen molar-refractivity contribution < 1.29 is 27.8 Å². The molecule has 1 aliphatic rings. The molecule has 0 atom stereocenters. The van der Waals surface area contributed by atoms with Crippen molar-refractivity contribution in [2.24, 2.45) is 0 Å². The average Bonchev–Trinajstić information content (AvgIpc) is 3.06. The fraction of sp³-hybridized carbons (Fsp3) is 0.409. The number of rotatable bonds is 6. The molecule has 1 aliphatic heterocycles. The van der Waals surface area contributed by atoms with Gasteiger partial charge in [-0.3, -0.25) is 9.48 Å². The summed E-state index contributed by atoms with van der Waals surface area (Å²) in [6, 6.07) is 6.83. The van der Waals surface area contributed by atoms with E-state index >= 15 is 0 Å². The number of aromatic nitrogens is 3. The van der Waals surface area contributed by atoms with E-state index in [-0.39, 0.29) is 11.6 Å². The van der Waals surface area contributed by atoms with Crippen LogP contribution in [0.4, 0.5) is 18.9 Å². The summed E-state index contributed by atoms with van der Waals surface area (Å²) in [5.41, 5.74) is -0.270. The summed E-state index contributed by atoms with van der Waals surface area (Å²) >= 11 is 0. The van der Waals surface area contributed by atoms with Crippen molar-refractivity contribution in [2.45, 2.75) is 44.5 Å². The number of pyridine rings is 1. The number of alkyl halides is 3. The first-order valence-corrected chi connectivity index (χ1v) is 10.2. The van der Waals surface area contributed by atoms with Crippen LogP contribution >= 0.6 is 0 Å². The minimum atomic E-state index is -4.64. The first-order chi connectivity index (χ1) is 15.0. The topological polar surface area (TPSA) is 89.3 Å². The van der Waals surface area contributed by atoms with E-state index in [4.69, 9.17) is 4.74 Å². The van der Waals surface area contributed by atoms with Crippen LogP contribution in [0.2, 0.25) is 0 Å². The molecule has 2 aromatic heterocycles. The van der Waals surface area contributed by atoms with Gasteiger partial charge in [0, 0.05) is 29.7 Å². The number of anilines is 1. The molecule has 170 valence electrons. The zero-order valence-corrected chi connectivity index (χ0v) is 17.6. The molecule has 1 fully saturated rings. The second kappa shape index (κ2) is 8.18. The molecule has 1 aromatic carbocycles. The Labute approximate surface area is 182 Å². The minimum Gasteiger partial charge on any atom is -0.390 e. The lowest BCUT2D eigenvalue weighted by Crippen LogP contribution is -2.27. The third-order valence-corrected chi connectivity index (χ3v) is 5.27. The van der Waals surface area contributed by atoms with E-state index < -0.39 is 23.4 Å². The van der Waals surface area contributed by atoms with Crippen LogP contribution in [0.5, 0.6) is 0 Å². The predicted molar refractivity (Wildman–Crippen MR) is 111 cm³/mol. The van der Waals surface area contributed by atoms with Gasteiger partial charge in [0.05, 0.1) is 24.3 Å². The number of carbonyl (C=O) groups excluding carboxylic acids is 1. The monoisotopic (exact) mass is 448 g/mol. The van der Waals surface area contributed by atoms with Crippen molar-refractivity contribution in [2.75, 3.05) is 18.5 Å². The van der Waals surface area contributed by atoms with Gasteiger partial charge in [0.1, 0.15) is 11.4 Å². The molecule has 0 aliphatic carbocycles. The van der Waals surface area contributed by atoms with Gasteiger partial charge in [0.25, 0.3) is 5.91 Å². The number of halogens is 3. The largest absolute Gasteiger partial charge is 0.433 e. The molecule has 2 N–H and O–H groups in total. The van der Waals surface area contributed by atoms with Crippen LogP contribution in [0.15, 0.2) is 36.5 Å². The van der Waals surface area contributed by atoms with Crippen LogP contribution in [0, 0.1) is 0 Å². The van der Waals surface area contributed by atoms with Crippen LogP contribution in [0.3, 0.4) is 0 Å². The highest BCUT2D eigenvalue weighted by atomic mass is 19.4. The summed E-state index contributed by atoms with van der Waals surface area (Å²) in [6.45, 7) is 4.92. The SMILES string of the molecule is CC(C)(O)CCn1cc2cc(NC(=O)c3cccc(C(F)(F)F)n3)c(C3COC3)cc2n1. The number of nitrogens with zero attached hydrogens (tertiary/aromatic N) is 3. The molecule has 0 spiro atoms. The first kappa shape index (κ1) is 22.2. The highest BCUT2D eigenvalue weighted by Crippen LogP contribution is 2.34. The van der Waals surface area contributed by atoms with Crippen molar-refractivity contribution in [1.82, 2.24) is 14.8 Å². The van der Waals surface area contributed by atoms with Crippen LogP contribution in [0.25, 0.3) is 10.9 Å². The summed E-state index contributed by atoms with van der Waals surface area (Å²) in [6.07, 6.45) is -2.32. The quantitative estimate of drug-likeness (QED) is 0.596. The smallest absolute Gasteiger partial charge is 0.390 e. The standard InChI is InChI=1S/C22H23F3N4O3/c1-21(2,31)6-7-29-10-13-8-18(15(9-17(13)28-29)14-11-32-12-14)27-20(30)16-4-3-5-19(26-16)22(23,24)25/h3-5,8-10,14,31H,6-7,11-12H2,1-2H3,(H,27,30). The number of aliphatic hydroxyl groups is 1. The van der Waals surface area contributed by atoms with Gasteiger partial charge in [0.2, 0.25) is 0 Å². The number of aryl methyl sites for hydroxylation is 1. The van der Waals surface area contributed by atoms with Gasteiger partial charge in [-0.25, -0.2) is 4.98 Å². The molecular weight excluding hydrogens is 425 g/mol. The van der Waals surface area contributed by atoms with Gasteiger partial charge in [-0.1, -0.05) is 6.07 Å². The fourth-order valence-electron chi connectivity index (χ4n) is 3.41. The van der Waals surface area contributed by atoms with Gasteiger partial charge >= 0.3 is 6.18 Å². The van der Waals surface area contributed by atoms with Gasteiger partial charge < -0.3 is 15.2 Å². The van der Waals surface area contributed by atoms with Crippen LogP contribution < -0.4 is 5.32 Å². The Bertz CT molecular complexity index is 1150. The maximum Gasteiger partial charge on any atom is 0.433 e. The van der Waals surface area contributed by atoms with Crippen molar-refractivity contribution in [3.8, 4) is 0 Å². The van der Waals surface area contributed by atoms with Crippen molar-refractivity contribution in [3.63, 3.8) is 0 Å². The highest BCUT2D eigenvalue weighted by Gasteiger charge is 2.33. The summed E-state index contributed by atoms with van der Waals surface area (Å²) in [7, 11) is 0. The van der Waals surface area contributed by atoms with E-state index in [9.17, 15) is 23.1 Å². The highest BCUT2D eigenvalue weighted by molar-refractivity contribution is 6.04. The third kappa shape index (κ3) is 4.91. The van der Waals surface area contributed by atoms with Gasteiger partial charge in [-0.15, -0.1) is 0 Å². The molecule has 10 heteroatoms. The van der Waals surface area contributed by atoms with Crippen molar-refractivity contribution >= 4 is 22.5 Å². The van der Waals surface area contributed by atoms with E-state index in [1.54, 1.807) is 30.8 Å². The minimum absolute atomic E-state index is 0.0469. The lowest BCUT2D eigenvalue weighted by Gasteiger charge is -2.28. The van der Waals surface area contributed by atoms with Gasteiger partial charge in [-0.05, 0) is 50.1 Å². The molecule has 3 heterocycles. The molecule has 4 rings (SSSR count). The molecule has 3 aromatic rings. The molecule has 0 unspecified atom stereocenters. The fourth-order valence-corrected chi connectivity index (χ4v) is 3.41. The number of hydrogen-bond donors (Lipinski definition) is 2. The maximum atomic E-state index is 13.0. The number of fused-ring (bicyclic) bond motifs is 1. The molecule has 1 amide bonds. The lowest BCUT2D eigenvalue weighted by molar-refractivity contribution is -0.141. The summed E-state index contributed by atoms with van der Waals surface area (Å²) in [5, 5.41) is 18.0. The second-order valence-electron chi connectivity index (χ2n) is 8.55. The van der Waals surface area contributed by atoms with Crippen LogP contribution in [-0.4, -0.2) is 44.6 Å². The molecule has 32 heavy (non-hydrogen) atoms. The molecule has 0 bridgehead atoms. The summed E-state index contributed by atoms with van der Waals surface area (Å²) in [4.78, 5) is 16.2. The van der Waals surface area contributed by atoms with Crippen LogP contribution in [-0.2, 0) is 17.5 Å². The number of hydrogen-bond acceptors (Lipinski definition) is 5. The molecule has 1 saturated heterocycles. The Kier molecular flexibility index (Phi) is 5.68. The number of amides is 1. The van der Waals surface area contributed by atoms with Crippen molar-refractivity contribution in [1.29, 1.82) is 0 Å². The van der Waals surface area contributed by atoms with Crippen LogP contribution in [0.1, 0.15) is 47.9 Å². The lowest BCUT2D eigenvalue weighted by atomic mass is 9.94. The summed E-state index contributed by atoms with van der Waals surface area (Å²) in [5.74, 6) is -0.683. The van der Waals surface area contributed by atoms with Gasteiger partial charge in [0.15, 0.2) is 0 Å². The Hall–Kier alpha value is -2.98. The average molecular weight is 448 g/mol.